The van der Waals surface area contributed by atoms with Gasteiger partial charge in [0, 0.05) is 37.8 Å². The second-order valence-corrected chi connectivity index (χ2v) is 5.19. The zero-order valence-corrected chi connectivity index (χ0v) is 11.7. The SMILES string of the molecule is COC1CCN(c2ncc3ccccc3n2)C(CN)C1. The number of benzene rings is 1. The van der Waals surface area contributed by atoms with Crippen molar-refractivity contribution in [2.75, 3.05) is 25.1 Å². The number of rotatable bonds is 3. The molecule has 2 aromatic rings. The zero-order chi connectivity index (χ0) is 13.9. The Labute approximate surface area is 118 Å². The molecular formula is C15H20N4O. The maximum atomic E-state index is 5.91. The highest BCUT2D eigenvalue weighted by atomic mass is 16.5. The van der Waals surface area contributed by atoms with Crippen LogP contribution in [0.15, 0.2) is 30.5 Å². The molecule has 5 heteroatoms. The number of anilines is 1. The molecule has 0 spiro atoms. The predicted molar refractivity (Wildman–Crippen MR) is 79.8 cm³/mol. The average Bonchev–Trinajstić information content (AvgIpc) is 2.53. The molecule has 106 valence electrons. The molecular weight excluding hydrogens is 252 g/mol. The van der Waals surface area contributed by atoms with E-state index in [4.69, 9.17) is 10.5 Å². The van der Waals surface area contributed by atoms with E-state index in [-0.39, 0.29) is 6.04 Å². The van der Waals surface area contributed by atoms with Crippen LogP contribution >= 0.6 is 0 Å². The van der Waals surface area contributed by atoms with Gasteiger partial charge < -0.3 is 15.4 Å². The van der Waals surface area contributed by atoms with Gasteiger partial charge in [-0.05, 0) is 18.9 Å². The van der Waals surface area contributed by atoms with Gasteiger partial charge >= 0.3 is 0 Å². The minimum atomic E-state index is 0.245. The zero-order valence-electron chi connectivity index (χ0n) is 11.7. The third-order valence-corrected chi connectivity index (χ3v) is 4.01. The summed E-state index contributed by atoms with van der Waals surface area (Å²) < 4.78 is 5.45. The third kappa shape index (κ3) is 2.46. The summed E-state index contributed by atoms with van der Waals surface area (Å²) in [6.45, 7) is 1.48. The Balaban J connectivity index is 1.89. The van der Waals surface area contributed by atoms with E-state index in [1.807, 2.05) is 30.5 Å². The number of fused-ring (bicyclic) bond motifs is 1. The third-order valence-electron chi connectivity index (χ3n) is 4.01. The summed E-state index contributed by atoms with van der Waals surface area (Å²) in [7, 11) is 1.76. The lowest BCUT2D eigenvalue weighted by atomic mass is 10.00. The van der Waals surface area contributed by atoms with Gasteiger partial charge in [-0.3, -0.25) is 0 Å². The van der Waals surface area contributed by atoms with E-state index >= 15 is 0 Å². The molecule has 5 nitrogen and oxygen atoms in total. The Bertz CT molecular complexity index is 589. The molecule has 1 aromatic carbocycles. The molecule has 0 bridgehead atoms. The molecule has 1 aliphatic rings. The minimum absolute atomic E-state index is 0.245. The normalized spacial score (nSPS) is 23.2. The van der Waals surface area contributed by atoms with E-state index in [1.54, 1.807) is 7.11 Å². The molecule has 1 fully saturated rings. The van der Waals surface area contributed by atoms with Crippen molar-refractivity contribution in [2.45, 2.75) is 25.0 Å². The Kier molecular flexibility index (Phi) is 3.80. The van der Waals surface area contributed by atoms with E-state index in [2.05, 4.69) is 14.9 Å². The molecule has 0 aliphatic carbocycles. The second kappa shape index (κ2) is 5.73. The van der Waals surface area contributed by atoms with Crippen molar-refractivity contribution in [3.63, 3.8) is 0 Å². The fourth-order valence-corrected chi connectivity index (χ4v) is 2.82. The van der Waals surface area contributed by atoms with Gasteiger partial charge in [-0.25, -0.2) is 9.97 Å². The maximum absolute atomic E-state index is 5.91. The van der Waals surface area contributed by atoms with Crippen molar-refractivity contribution in [2.24, 2.45) is 5.73 Å². The van der Waals surface area contributed by atoms with Gasteiger partial charge in [-0.1, -0.05) is 18.2 Å². The van der Waals surface area contributed by atoms with Crippen molar-refractivity contribution in [1.29, 1.82) is 0 Å². The predicted octanol–water partition coefficient (Wildman–Crippen LogP) is 1.57. The van der Waals surface area contributed by atoms with Crippen LogP contribution in [0.2, 0.25) is 0 Å². The first-order valence-electron chi connectivity index (χ1n) is 7.03. The second-order valence-electron chi connectivity index (χ2n) is 5.19. The fraction of sp³-hybridized carbons (Fsp3) is 0.467. The molecule has 1 aliphatic heterocycles. The van der Waals surface area contributed by atoms with Crippen LogP contribution < -0.4 is 10.6 Å². The van der Waals surface area contributed by atoms with Crippen LogP contribution in [-0.2, 0) is 4.74 Å². The van der Waals surface area contributed by atoms with Crippen molar-refractivity contribution in [3.05, 3.63) is 30.5 Å². The van der Waals surface area contributed by atoms with Crippen LogP contribution in [0.4, 0.5) is 5.95 Å². The molecule has 0 amide bonds. The topological polar surface area (TPSA) is 64.3 Å². The van der Waals surface area contributed by atoms with Crippen molar-refractivity contribution in [3.8, 4) is 0 Å². The van der Waals surface area contributed by atoms with Crippen LogP contribution in [0.25, 0.3) is 10.9 Å². The summed E-state index contributed by atoms with van der Waals surface area (Å²) in [5.41, 5.74) is 6.88. The molecule has 0 radical (unpaired) electrons. The number of ether oxygens (including phenoxy) is 1. The Morgan fingerprint density at radius 3 is 3.05 bits per heavy atom. The molecule has 20 heavy (non-hydrogen) atoms. The number of hydrogen-bond acceptors (Lipinski definition) is 5. The molecule has 1 saturated heterocycles. The van der Waals surface area contributed by atoms with Crippen LogP contribution in [-0.4, -0.2) is 42.3 Å². The first-order chi connectivity index (χ1) is 9.81. The van der Waals surface area contributed by atoms with Crippen molar-refractivity contribution >= 4 is 16.9 Å². The number of nitrogens with zero attached hydrogens (tertiary/aromatic N) is 3. The van der Waals surface area contributed by atoms with E-state index in [0.29, 0.717) is 12.6 Å². The Morgan fingerprint density at radius 2 is 2.25 bits per heavy atom. The summed E-state index contributed by atoms with van der Waals surface area (Å²) in [6.07, 6.45) is 4.10. The van der Waals surface area contributed by atoms with Crippen molar-refractivity contribution in [1.82, 2.24) is 9.97 Å². The molecule has 1 aromatic heterocycles. The highest BCUT2D eigenvalue weighted by Crippen LogP contribution is 2.24. The molecule has 2 N–H and O–H groups in total. The number of aromatic nitrogens is 2. The van der Waals surface area contributed by atoms with Gasteiger partial charge in [0.25, 0.3) is 0 Å². The van der Waals surface area contributed by atoms with Crippen LogP contribution in [0.1, 0.15) is 12.8 Å². The standard InChI is InChI=1S/C15H20N4O/c1-20-13-6-7-19(12(8-13)9-16)15-17-10-11-4-2-3-5-14(11)18-15/h2-5,10,12-13H,6-9,16H2,1H3. The minimum Gasteiger partial charge on any atom is -0.381 e. The Hall–Kier alpha value is -1.72. The molecule has 2 unspecified atom stereocenters. The number of hydrogen-bond donors (Lipinski definition) is 1. The molecule has 2 atom stereocenters. The smallest absolute Gasteiger partial charge is 0.226 e. The van der Waals surface area contributed by atoms with E-state index in [0.717, 1.165) is 36.2 Å². The van der Waals surface area contributed by atoms with Gasteiger partial charge in [0.1, 0.15) is 0 Å². The van der Waals surface area contributed by atoms with E-state index in [9.17, 15) is 0 Å². The molecule has 3 rings (SSSR count). The van der Waals surface area contributed by atoms with Gasteiger partial charge in [-0.15, -0.1) is 0 Å². The highest BCUT2D eigenvalue weighted by Gasteiger charge is 2.29. The summed E-state index contributed by atoms with van der Waals surface area (Å²) >= 11 is 0. The fourth-order valence-electron chi connectivity index (χ4n) is 2.82. The van der Waals surface area contributed by atoms with E-state index in [1.165, 1.54) is 0 Å². The number of nitrogens with two attached hydrogens (primary N) is 1. The quantitative estimate of drug-likeness (QED) is 0.919. The summed E-state index contributed by atoms with van der Waals surface area (Å²) in [6, 6.07) is 8.28. The average molecular weight is 272 g/mol. The van der Waals surface area contributed by atoms with Gasteiger partial charge in [0.05, 0.1) is 11.6 Å². The summed E-state index contributed by atoms with van der Waals surface area (Å²) in [5.74, 6) is 0.772. The monoisotopic (exact) mass is 272 g/mol. The van der Waals surface area contributed by atoms with Crippen molar-refractivity contribution < 1.29 is 4.74 Å². The number of para-hydroxylation sites is 1. The lowest BCUT2D eigenvalue weighted by molar-refractivity contribution is 0.0706. The lowest BCUT2D eigenvalue weighted by Crippen LogP contribution is -2.49. The lowest BCUT2D eigenvalue weighted by Gasteiger charge is -2.38. The Morgan fingerprint density at radius 1 is 1.40 bits per heavy atom. The highest BCUT2D eigenvalue weighted by molar-refractivity contribution is 5.78. The van der Waals surface area contributed by atoms with Crippen LogP contribution in [0.3, 0.4) is 0 Å². The first kappa shape index (κ1) is 13.3. The van der Waals surface area contributed by atoms with E-state index < -0.39 is 0 Å². The summed E-state index contributed by atoms with van der Waals surface area (Å²) in [4.78, 5) is 11.4. The molecule has 2 heterocycles. The maximum Gasteiger partial charge on any atom is 0.226 e. The van der Waals surface area contributed by atoms with Gasteiger partial charge in [-0.2, -0.15) is 0 Å². The molecule has 0 saturated carbocycles. The van der Waals surface area contributed by atoms with Gasteiger partial charge in [0.15, 0.2) is 0 Å². The number of piperidine rings is 1. The van der Waals surface area contributed by atoms with Crippen LogP contribution in [0.5, 0.6) is 0 Å². The van der Waals surface area contributed by atoms with Gasteiger partial charge in [0.2, 0.25) is 5.95 Å². The summed E-state index contributed by atoms with van der Waals surface area (Å²) in [5, 5.41) is 1.06. The number of methoxy groups -OCH3 is 1. The largest absolute Gasteiger partial charge is 0.381 e. The first-order valence-corrected chi connectivity index (χ1v) is 7.03. The van der Waals surface area contributed by atoms with Crippen LogP contribution in [0, 0.1) is 0 Å².